The Morgan fingerprint density at radius 3 is 2.61 bits per heavy atom. The maximum absolute atomic E-state index is 13.0. The summed E-state index contributed by atoms with van der Waals surface area (Å²) in [5.74, 6) is 0.0648. The predicted octanol–water partition coefficient (Wildman–Crippen LogP) is 2.55. The smallest absolute Gasteiger partial charge is 0.260 e. The van der Waals surface area contributed by atoms with E-state index in [2.05, 4.69) is 15.6 Å². The van der Waals surface area contributed by atoms with Crippen LogP contribution in [0.4, 0.5) is 0 Å². The topological polar surface area (TPSA) is 94.3 Å². The molecule has 166 valence electrons. The third kappa shape index (κ3) is 6.52. The van der Waals surface area contributed by atoms with Gasteiger partial charge in [-0.15, -0.1) is 0 Å². The lowest BCUT2D eigenvalue weighted by Crippen LogP contribution is -2.35. The summed E-state index contributed by atoms with van der Waals surface area (Å²) < 4.78 is 0. The summed E-state index contributed by atoms with van der Waals surface area (Å²) in [5.41, 5.74) is 0.775. The number of hydrogen-bond donors (Lipinski definition) is 3. The summed E-state index contributed by atoms with van der Waals surface area (Å²) in [6.07, 6.45) is 5.77. The Kier molecular flexibility index (Phi) is 8.41. The maximum atomic E-state index is 13.0. The van der Waals surface area contributed by atoms with Crippen molar-refractivity contribution in [1.29, 1.82) is 0 Å². The van der Waals surface area contributed by atoms with Crippen molar-refractivity contribution in [3.63, 3.8) is 0 Å². The molecule has 2 heterocycles. The van der Waals surface area contributed by atoms with Crippen LogP contribution >= 0.6 is 0 Å². The number of nitrogens with one attached hydrogen (secondary N) is 3. The third-order valence-electron chi connectivity index (χ3n) is 5.81. The fourth-order valence-corrected chi connectivity index (χ4v) is 3.94. The second kappa shape index (κ2) is 11.5. The average molecular weight is 425 g/mol. The molecule has 2 amide bonds. The second-order valence-corrected chi connectivity index (χ2v) is 8.03. The van der Waals surface area contributed by atoms with Gasteiger partial charge in [-0.1, -0.05) is 30.3 Å². The van der Waals surface area contributed by atoms with Gasteiger partial charge in [0.1, 0.15) is 5.56 Å². The number of H-pyrrole nitrogens is 1. The van der Waals surface area contributed by atoms with E-state index in [1.807, 2.05) is 37.3 Å². The number of rotatable bonds is 9. The molecule has 3 N–H and O–H groups in total. The van der Waals surface area contributed by atoms with Gasteiger partial charge >= 0.3 is 0 Å². The van der Waals surface area contributed by atoms with Crippen LogP contribution in [-0.2, 0) is 6.54 Å². The highest BCUT2D eigenvalue weighted by Crippen LogP contribution is 2.17. The summed E-state index contributed by atoms with van der Waals surface area (Å²) in [7, 11) is 0. The normalized spacial score (nSPS) is 14.2. The lowest BCUT2D eigenvalue weighted by atomic mass is 9.93. The van der Waals surface area contributed by atoms with E-state index in [0.29, 0.717) is 25.2 Å². The van der Waals surface area contributed by atoms with E-state index >= 15 is 0 Å². The number of benzene rings is 1. The number of carbonyl (C=O) groups excluding carboxylic acids is 2. The number of carbonyl (C=O) groups is 2. The fourth-order valence-electron chi connectivity index (χ4n) is 3.94. The van der Waals surface area contributed by atoms with Crippen LogP contribution in [0.5, 0.6) is 0 Å². The molecule has 1 saturated heterocycles. The molecule has 7 nitrogen and oxygen atoms in total. The van der Waals surface area contributed by atoms with Crippen LogP contribution in [0.25, 0.3) is 0 Å². The minimum atomic E-state index is -0.487. The maximum Gasteiger partial charge on any atom is 0.260 e. The molecule has 1 aromatic carbocycles. The van der Waals surface area contributed by atoms with Crippen molar-refractivity contribution in [3.8, 4) is 0 Å². The van der Waals surface area contributed by atoms with Crippen molar-refractivity contribution in [1.82, 2.24) is 20.5 Å². The van der Waals surface area contributed by atoms with E-state index in [1.165, 1.54) is 25.1 Å². The standard InChI is InChI=1S/C24H32N4O3/c1-2-28(17-19-7-4-3-5-8-19)24(31)21-15-20(16-27-23(21)30)22(29)26-12-6-9-18-10-13-25-14-11-18/h3-5,7-8,15-16,18,25H,2,6,9-14,17H2,1H3,(H,26,29)(H,27,30). The molecule has 1 aliphatic heterocycles. The van der Waals surface area contributed by atoms with Crippen LogP contribution in [0.15, 0.2) is 47.4 Å². The monoisotopic (exact) mass is 424 g/mol. The molecule has 1 aromatic heterocycles. The Bertz CT molecular complexity index is 920. The fraction of sp³-hybridized carbons (Fsp3) is 0.458. The molecule has 0 aliphatic carbocycles. The summed E-state index contributed by atoms with van der Waals surface area (Å²) in [5, 5.41) is 6.27. The zero-order valence-electron chi connectivity index (χ0n) is 18.2. The van der Waals surface area contributed by atoms with E-state index in [4.69, 9.17) is 0 Å². The van der Waals surface area contributed by atoms with Gasteiger partial charge in [0, 0.05) is 25.8 Å². The number of amides is 2. The molecule has 31 heavy (non-hydrogen) atoms. The van der Waals surface area contributed by atoms with E-state index in [-0.39, 0.29) is 17.4 Å². The number of hydrogen-bond acceptors (Lipinski definition) is 4. The van der Waals surface area contributed by atoms with Crippen molar-refractivity contribution >= 4 is 11.8 Å². The van der Waals surface area contributed by atoms with Gasteiger partial charge in [0.05, 0.1) is 5.56 Å². The molecular formula is C24H32N4O3. The van der Waals surface area contributed by atoms with Gasteiger partial charge in [-0.2, -0.15) is 0 Å². The van der Waals surface area contributed by atoms with Gasteiger partial charge in [-0.25, -0.2) is 0 Å². The van der Waals surface area contributed by atoms with Crippen LogP contribution in [-0.4, -0.2) is 47.9 Å². The van der Waals surface area contributed by atoms with Crippen molar-refractivity contribution in [2.24, 2.45) is 5.92 Å². The largest absolute Gasteiger partial charge is 0.352 e. The number of nitrogens with zero attached hydrogens (tertiary/aromatic N) is 1. The molecular weight excluding hydrogens is 392 g/mol. The highest BCUT2D eigenvalue weighted by atomic mass is 16.2. The molecule has 0 radical (unpaired) electrons. The van der Waals surface area contributed by atoms with Crippen LogP contribution < -0.4 is 16.2 Å². The molecule has 3 rings (SSSR count). The van der Waals surface area contributed by atoms with E-state index in [9.17, 15) is 14.4 Å². The minimum Gasteiger partial charge on any atom is -0.352 e. The summed E-state index contributed by atoms with van der Waals surface area (Å²) in [6.45, 7) is 5.46. The lowest BCUT2D eigenvalue weighted by Gasteiger charge is -2.22. The van der Waals surface area contributed by atoms with Crippen LogP contribution in [0.1, 0.15) is 58.9 Å². The van der Waals surface area contributed by atoms with Gasteiger partial charge in [0.15, 0.2) is 0 Å². The summed E-state index contributed by atoms with van der Waals surface area (Å²) in [4.78, 5) is 42.0. The third-order valence-corrected chi connectivity index (χ3v) is 5.81. The lowest BCUT2D eigenvalue weighted by molar-refractivity contribution is 0.0750. The molecule has 1 fully saturated rings. The number of aromatic nitrogens is 1. The number of piperidine rings is 1. The molecule has 1 aliphatic rings. The van der Waals surface area contributed by atoms with Crippen LogP contribution in [0.2, 0.25) is 0 Å². The Balaban J connectivity index is 1.59. The van der Waals surface area contributed by atoms with Gasteiger partial charge in [-0.05, 0) is 63.2 Å². The van der Waals surface area contributed by atoms with Gasteiger partial charge in [-0.3, -0.25) is 14.4 Å². The van der Waals surface area contributed by atoms with Crippen LogP contribution in [0, 0.1) is 5.92 Å². The molecule has 0 bridgehead atoms. The zero-order valence-corrected chi connectivity index (χ0v) is 18.2. The van der Waals surface area contributed by atoms with Gasteiger partial charge in [0.25, 0.3) is 17.4 Å². The average Bonchev–Trinajstić information content (AvgIpc) is 2.81. The predicted molar refractivity (Wildman–Crippen MR) is 121 cm³/mol. The van der Waals surface area contributed by atoms with E-state index in [0.717, 1.165) is 37.4 Å². The highest BCUT2D eigenvalue weighted by Gasteiger charge is 2.20. The van der Waals surface area contributed by atoms with Crippen LogP contribution in [0.3, 0.4) is 0 Å². The van der Waals surface area contributed by atoms with Gasteiger partial charge < -0.3 is 20.5 Å². The molecule has 0 atom stereocenters. The van der Waals surface area contributed by atoms with Crippen molar-refractivity contribution < 1.29 is 9.59 Å². The first-order chi connectivity index (χ1) is 15.1. The SMILES string of the molecule is CCN(Cc1ccccc1)C(=O)c1cc(C(=O)NCCCC2CCNCC2)c[nH]c1=O. The molecule has 7 heteroatoms. The Morgan fingerprint density at radius 1 is 1.16 bits per heavy atom. The Hall–Kier alpha value is -2.93. The van der Waals surface area contributed by atoms with Crippen molar-refractivity contribution in [2.75, 3.05) is 26.2 Å². The second-order valence-electron chi connectivity index (χ2n) is 8.03. The highest BCUT2D eigenvalue weighted by molar-refractivity contribution is 5.99. The molecule has 0 saturated carbocycles. The first-order valence-electron chi connectivity index (χ1n) is 11.1. The molecule has 0 spiro atoms. The Labute approximate surface area is 183 Å². The summed E-state index contributed by atoms with van der Waals surface area (Å²) in [6, 6.07) is 11.0. The van der Waals surface area contributed by atoms with Crippen molar-refractivity contribution in [3.05, 3.63) is 69.6 Å². The van der Waals surface area contributed by atoms with E-state index < -0.39 is 5.56 Å². The van der Waals surface area contributed by atoms with E-state index in [1.54, 1.807) is 4.90 Å². The first-order valence-corrected chi connectivity index (χ1v) is 11.1. The number of aromatic amines is 1. The zero-order chi connectivity index (χ0) is 22.1. The molecule has 0 unspecified atom stereocenters. The quantitative estimate of drug-likeness (QED) is 0.539. The first kappa shape index (κ1) is 22.7. The summed E-state index contributed by atoms with van der Waals surface area (Å²) >= 11 is 0. The number of pyridine rings is 1. The Morgan fingerprint density at radius 2 is 1.90 bits per heavy atom. The minimum absolute atomic E-state index is 0.0138. The van der Waals surface area contributed by atoms with Gasteiger partial charge in [0.2, 0.25) is 0 Å². The van der Waals surface area contributed by atoms with Crippen molar-refractivity contribution in [2.45, 2.75) is 39.2 Å². The molecule has 2 aromatic rings.